The molecular weight excluding hydrogens is 741 g/mol. The van der Waals surface area contributed by atoms with Crippen LogP contribution in [0.5, 0.6) is 0 Å². The van der Waals surface area contributed by atoms with Gasteiger partial charge >= 0.3 is 6.09 Å². The number of amides is 2. The largest absolute Gasteiger partial charge is 0.446 e. The van der Waals surface area contributed by atoms with E-state index in [2.05, 4.69) is 51.3 Å². The highest BCUT2D eigenvalue weighted by molar-refractivity contribution is 5.75. The molecule has 1 heterocycles. The number of hydrogen-bond donors (Lipinski definition) is 5. The van der Waals surface area contributed by atoms with Crippen molar-refractivity contribution in [2.45, 2.75) is 162 Å². The lowest BCUT2D eigenvalue weighted by Gasteiger charge is -2.58. The molecule has 5 N–H and O–H groups in total. The van der Waals surface area contributed by atoms with E-state index in [0.717, 1.165) is 54.8 Å². The molecule has 12 heteroatoms. The van der Waals surface area contributed by atoms with Crippen molar-refractivity contribution in [3.8, 4) is 0 Å². The Labute approximate surface area is 349 Å². The first-order chi connectivity index (χ1) is 27.8. The van der Waals surface area contributed by atoms with Gasteiger partial charge in [0.05, 0.1) is 39.1 Å². The molecule has 58 heavy (non-hydrogen) atoms. The molecule has 0 radical (unpaired) electrons. The van der Waals surface area contributed by atoms with Gasteiger partial charge in [0.15, 0.2) is 6.29 Å². The molecule has 0 aromatic carbocycles. The Balaban J connectivity index is 0.874. The van der Waals surface area contributed by atoms with Gasteiger partial charge in [-0.3, -0.25) is 4.79 Å². The van der Waals surface area contributed by atoms with E-state index < -0.39 is 37.1 Å². The van der Waals surface area contributed by atoms with Crippen LogP contribution in [0, 0.1) is 52.3 Å². The first-order valence-corrected chi connectivity index (χ1v) is 23.1. The minimum atomic E-state index is -1.17. The maximum atomic E-state index is 12.7. The maximum Gasteiger partial charge on any atom is 0.407 e. The molecule has 12 nitrogen and oxygen atoms in total. The van der Waals surface area contributed by atoms with E-state index in [1.165, 1.54) is 56.9 Å². The molecule has 5 rings (SSSR count). The second kappa shape index (κ2) is 22.3. The van der Waals surface area contributed by atoms with E-state index in [1.54, 1.807) is 6.92 Å². The number of nitrogens with one attached hydrogen (secondary N) is 2. The topological polar surface area (TPSA) is 165 Å². The molecule has 1 saturated heterocycles. The summed E-state index contributed by atoms with van der Waals surface area (Å²) in [4.78, 5) is 24.9. The van der Waals surface area contributed by atoms with Gasteiger partial charge in [-0.1, -0.05) is 72.5 Å². The van der Waals surface area contributed by atoms with Gasteiger partial charge in [-0.05, 0) is 104 Å². The number of fused-ring (bicyclic) bond motifs is 5. The molecule has 13 atom stereocenters. The minimum absolute atomic E-state index is 0.0700. The zero-order valence-electron chi connectivity index (χ0n) is 36.8. The summed E-state index contributed by atoms with van der Waals surface area (Å²) in [5.41, 5.74) is 2.27. The maximum absolute atomic E-state index is 12.7. The summed E-state index contributed by atoms with van der Waals surface area (Å²) in [6, 6.07) is 0. The minimum Gasteiger partial charge on any atom is -0.446 e. The highest BCUT2D eigenvalue weighted by Crippen LogP contribution is 2.67. The molecule has 0 spiro atoms. The second-order valence-corrected chi connectivity index (χ2v) is 19.5. The summed E-state index contributed by atoms with van der Waals surface area (Å²) < 4.78 is 28.4. The van der Waals surface area contributed by atoms with E-state index in [0.29, 0.717) is 57.8 Å². The predicted octanol–water partition coefficient (Wildman–Crippen LogP) is 6.53. The number of hydrogen-bond acceptors (Lipinski definition) is 10. The monoisotopic (exact) mass is 821 g/mol. The van der Waals surface area contributed by atoms with E-state index >= 15 is 0 Å². The molecule has 334 valence electrons. The van der Waals surface area contributed by atoms with Gasteiger partial charge in [0.1, 0.15) is 18.3 Å². The number of aliphatic hydroxyl groups is 3. The summed E-state index contributed by atoms with van der Waals surface area (Å²) in [6.07, 6.45) is 13.4. The van der Waals surface area contributed by atoms with Gasteiger partial charge in [-0.25, -0.2) is 4.79 Å². The third-order valence-corrected chi connectivity index (χ3v) is 15.2. The van der Waals surface area contributed by atoms with E-state index in [-0.39, 0.29) is 36.5 Å². The zero-order chi connectivity index (χ0) is 41.9. The first kappa shape index (κ1) is 47.3. The molecular formula is C46H80N2O10. The number of ether oxygens (including phenoxy) is 5. The van der Waals surface area contributed by atoms with Gasteiger partial charge in [0, 0.05) is 38.5 Å². The number of aliphatic hydroxyl groups excluding tert-OH is 3. The van der Waals surface area contributed by atoms with Crippen LogP contribution in [0.3, 0.4) is 0 Å². The Morgan fingerprint density at radius 1 is 0.879 bits per heavy atom. The molecule has 4 aliphatic carbocycles. The number of carbonyl (C=O) groups is 2. The molecule has 0 bridgehead atoms. The summed E-state index contributed by atoms with van der Waals surface area (Å²) in [7, 11) is 0. The Kier molecular flexibility index (Phi) is 18.2. The third-order valence-electron chi connectivity index (χ3n) is 15.2. The highest BCUT2D eigenvalue weighted by Gasteiger charge is 2.59. The van der Waals surface area contributed by atoms with E-state index in [9.17, 15) is 24.9 Å². The normalized spacial score (nSPS) is 36.3. The summed E-state index contributed by atoms with van der Waals surface area (Å²) in [5, 5.41) is 35.1. The average molecular weight is 821 g/mol. The van der Waals surface area contributed by atoms with Gasteiger partial charge < -0.3 is 49.6 Å². The van der Waals surface area contributed by atoms with Crippen LogP contribution in [0.25, 0.3) is 0 Å². The number of alkyl carbamates (subject to hydrolysis) is 1. The molecule has 4 fully saturated rings. The van der Waals surface area contributed by atoms with Crippen LogP contribution in [0.1, 0.15) is 131 Å². The molecule has 0 aromatic rings. The smallest absolute Gasteiger partial charge is 0.407 e. The van der Waals surface area contributed by atoms with Gasteiger partial charge in [0.2, 0.25) is 5.91 Å². The molecule has 3 saturated carbocycles. The van der Waals surface area contributed by atoms with Gasteiger partial charge in [-0.15, -0.1) is 0 Å². The molecule has 8 unspecified atom stereocenters. The number of allylic oxidation sites excluding steroid dienone is 1. The van der Waals surface area contributed by atoms with Crippen molar-refractivity contribution in [1.29, 1.82) is 0 Å². The van der Waals surface area contributed by atoms with E-state index in [1.807, 2.05) is 0 Å². The summed E-state index contributed by atoms with van der Waals surface area (Å²) >= 11 is 0. The lowest BCUT2D eigenvalue weighted by molar-refractivity contribution is -0.282. The van der Waals surface area contributed by atoms with Gasteiger partial charge in [-0.2, -0.15) is 0 Å². The zero-order valence-corrected chi connectivity index (χ0v) is 36.8. The van der Waals surface area contributed by atoms with Crippen molar-refractivity contribution in [3.63, 3.8) is 0 Å². The fraction of sp³-hybridized carbons (Fsp3) is 0.913. The van der Waals surface area contributed by atoms with Crippen molar-refractivity contribution < 1.29 is 48.6 Å². The van der Waals surface area contributed by atoms with Crippen LogP contribution in [0.2, 0.25) is 0 Å². The van der Waals surface area contributed by atoms with Crippen LogP contribution >= 0.6 is 0 Å². The Morgan fingerprint density at radius 2 is 1.66 bits per heavy atom. The van der Waals surface area contributed by atoms with Crippen LogP contribution in [-0.4, -0.2) is 111 Å². The molecule has 0 aromatic heterocycles. The second-order valence-electron chi connectivity index (χ2n) is 19.5. The highest BCUT2D eigenvalue weighted by atomic mass is 16.7. The Hall–Kier alpha value is -1.80. The first-order valence-electron chi connectivity index (χ1n) is 23.1. The molecule has 2 amide bonds. The quantitative estimate of drug-likeness (QED) is 0.0599. The summed E-state index contributed by atoms with van der Waals surface area (Å²) in [5.74, 6) is 4.36. The van der Waals surface area contributed by atoms with E-state index in [4.69, 9.17) is 23.7 Å². The SMILES string of the molecule is CC(C)CCC[C@H](C)[C@@H]1CCC2C3CC=C4C[C@H](OC(=O)NCCOCCOCCCNC(=O)CCCOC5OC(CO)C(O)C(O)C5C)CC[C@@]4(C)C3CC[C@]21C. The van der Waals surface area contributed by atoms with Crippen molar-refractivity contribution in [2.24, 2.45) is 52.3 Å². The lowest BCUT2D eigenvalue weighted by atomic mass is 9.47. The van der Waals surface area contributed by atoms with Crippen molar-refractivity contribution in [2.75, 3.05) is 52.7 Å². The average Bonchev–Trinajstić information content (AvgIpc) is 3.55. The van der Waals surface area contributed by atoms with Crippen molar-refractivity contribution in [3.05, 3.63) is 11.6 Å². The summed E-state index contributed by atoms with van der Waals surface area (Å²) in [6.45, 7) is 16.6. The fourth-order valence-electron chi connectivity index (χ4n) is 11.8. The van der Waals surface area contributed by atoms with Crippen LogP contribution in [0.4, 0.5) is 4.79 Å². The Bertz CT molecular complexity index is 1310. The van der Waals surface area contributed by atoms with Crippen LogP contribution in [-0.2, 0) is 28.5 Å². The number of rotatable bonds is 22. The van der Waals surface area contributed by atoms with Crippen molar-refractivity contribution in [1.82, 2.24) is 10.6 Å². The third kappa shape index (κ3) is 12.0. The van der Waals surface area contributed by atoms with Gasteiger partial charge in [0.25, 0.3) is 0 Å². The fourth-order valence-corrected chi connectivity index (χ4v) is 11.8. The van der Waals surface area contributed by atoms with Crippen molar-refractivity contribution >= 4 is 12.0 Å². The number of carbonyl (C=O) groups excluding carboxylic acids is 2. The van der Waals surface area contributed by atoms with Crippen LogP contribution in [0.15, 0.2) is 11.6 Å². The molecule has 1 aliphatic heterocycles. The standard InChI is InChI=1S/C46H80N2O10/c1-30(2)10-7-11-31(3)36-15-16-37-35-14-13-33-28-34(17-19-45(33,5)38(35)18-20-46(36,37)6)57-44(53)48-22-25-55-27-26-54-23-9-21-47-40(50)12-8-24-56-43-32(4)41(51)42(52)39(29-49)58-43/h13,30-32,34-39,41-43,49,51-52H,7-12,14-29H2,1-6H3,(H,47,50)(H,48,53)/t31-,32?,34+,35?,36-,37?,38?,39?,41?,42?,43?,45+,46-/m0/s1. The lowest BCUT2D eigenvalue weighted by Crippen LogP contribution is -2.55. The van der Waals surface area contributed by atoms with Crippen LogP contribution < -0.4 is 10.6 Å². The Morgan fingerprint density at radius 3 is 2.41 bits per heavy atom. The molecule has 5 aliphatic rings. The predicted molar refractivity (Wildman–Crippen MR) is 223 cm³/mol.